The van der Waals surface area contributed by atoms with Crippen LogP contribution in [0.1, 0.15) is 12.1 Å². The van der Waals surface area contributed by atoms with Crippen molar-refractivity contribution >= 4 is 0 Å². The molecular formula is C9H12N2O2. The lowest BCUT2D eigenvalue weighted by molar-refractivity contribution is 0.185. The minimum atomic E-state index is -0.147. The maximum absolute atomic E-state index is 10.7. The van der Waals surface area contributed by atoms with Gasteiger partial charge < -0.3 is 4.74 Å². The van der Waals surface area contributed by atoms with Gasteiger partial charge in [0.25, 0.3) is 5.56 Å². The van der Waals surface area contributed by atoms with Crippen molar-refractivity contribution in [3.63, 3.8) is 0 Å². The number of H-pyrrole nitrogens is 1. The molecule has 1 aliphatic heterocycles. The fourth-order valence-electron chi connectivity index (χ4n) is 1.53. The van der Waals surface area contributed by atoms with E-state index in [1.54, 1.807) is 6.07 Å². The van der Waals surface area contributed by atoms with Crippen LogP contribution in [0.4, 0.5) is 0 Å². The quantitative estimate of drug-likeness (QED) is 0.714. The topological polar surface area (TPSA) is 55.0 Å². The molecule has 1 aromatic rings. The summed E-state index contributed by atoms with van der Waals surface area (Å²) in [6, 6.07) is 3.29. The van der Waals surface area contributed by atoms with Crippen LogP contribution in [-0.4, -0.2) is 23.4 Å². The average molecular weight is 180 g/mol. The summed E-state index contributed by atoms with van der Waals surface area (Å²) in [7, 11) is 0. The Hall–Kier alpha value is -1.16. The summed E-state index contributed by atoms with van der Waals surface area (Å²) in [4.78, 5) is 10.7. The molecule has 1 unspecified atom stereocenters. The average Bonchev–Trinajstić information content (AvgIpc) is 2.62. The molecule has 1 fully saturated rings. The molecule has 1 N–H and O–H groups in total. The van der Waals surface area contributed by atoms with Crippen LogP contribution in [0.15, 0.2) is 16.9 Å². The Labute approximate surface area is 75.9 Å². The van der Waals surface area contributed by atoms with Crippen LogP contribution in [0.5, 0.6) is 0 Å². The maximum atomic E-state index is 10.7. The van der Waals surface area contributed by atoms with Crippen molar-refractivity contribution in [2.75, 3.05) is 13.2 Å². The molecule has 1 aromatic heterocycles. The van der Waals surface area contributed by atoms with Gasteiger partial charge in [-0.05, 0) is 24.8 Å². The molecule has 0 spiro atoms. The summed E-state index contributed by atoms with van der Waals surface area (Å²) in [5.41, 5.74) is 0.793. The minimum Gasteiger partial charge on any atom is -0.381 e. The summed E-state index contributed by atoms with van der Waals surface area (Å²) in [6.07, 6.45) is 2.00. The molecule has 0 saturated carbocycles. The van der Waals surface area contributed by atoms with Gasteiger partial charge in [0.15, 0.2) is 0 Å². The lowest BCUT2D eigenvalue weighted by atomic mass is 10.0. The molecule has 70 valence electrons. The number of nitrogens with zero attached hydrogens (tertiary/aromatic N) is 1. The van der Waals surface area contributed by atoms with Gasteiger partial charge in [0.1, 0.15) is 0 Å². The van der Waals surface area contributed by atoms with E-state index in [1.807, 2.05) is 0 Å². The Morgan fingerprint density at radius 1 is 1.62 bits per heavy atom. The first-order valence-corrected chi connectivity index (χ1v) is 4.47. The van der Waals surface area contributed by atoms with Crippen LogP contribution in [0.3, 0.4) is 0 Å². The zero-order chi connectivity index (χ0) is 9.10. The van der Waals surface area contributed by atoms with Crippen LogP contribution in [0, 0.1) is 5.92 Å². The smallest absolute Gasteiger partial charge is 0.264 e. The van der Waals surface area contributed by atoms with Crippen LogP contribution in [-0.2, 0) is 11.2 Å². The third-order valence-electron chi connectivity index (χ3n) is 2.26. The molecule has 2 heterocycles. The molecule has 4 nitrogen and oxygen atoms in total. The van der Waals surface area contributed by atoms with E-state index in [-0.39, 0.29) is 5.56 Å². The molecule has 1 aliphatic rings. The highest BCUT2D eigenvalue weighted by molar-refractivity contribution is 5.00. The van der Waals surface area contributed by atoms with E-state index in [9.17, 15) is 4.79 Å². The van der Waals surface area contributed by atoms with Crippen LogP contribution < -0.4 is 5.56 Å². The van der Waals surface area contributed by atoms with Gasteiger partial charge in [0.05, 0.1) is 5.69 Å². The van der Waals surface area contributed by atoms with E-state index < -0.39 is 0 Å². The molecule has 1 saturated heterocycles. The molecular weight excluding hydrogens is 168 g/mol. The van der Waals surface area contributed by atoms with Crippen LogP contribution >= 0.6 is 0 Å². The van der Waals surface area contributed by atoms with E-state index in [1.165, 1.54) is 6.07 Å². The Balaban J connectivity index is 2.00. The Morgan fingerprint density at radius 2 is 2.54 bits per heavy atom. The van der Waals surface area contributed by atoms with Gasteiger partial charge in [-0.25, -0.2) is 5.10 Å². The first kappa shape index (κ1) is 8.44. The molecule has 2 rings (SSSR count). The van der Waals surface area contributed by atoms with Gasteiger partial charge in [-0.3, -0.25) is 4.79 Å². The zero-order valence-electron chi connectivity index (χ0n) is 7.32. The molecule has 0 aliphatic carbocycles. The summed E-state index contributed by atoms with van der Waals surface area (Å²) in [5.74, 6) is 0.568. The van der Waals surface area contributed by atoms with Gasteiger partial charge in [-0.1, -0.05) is 0 Å². The van der Waals surface area contributed by atoms with E-state index in [0.29, 0.717) is 5.92 Å². The number of hydrogen-bond acceptors (Lipinski definition) is 3. The predicted octanol–water partition coefficient (Wildman–Crippen LogP) is 0.349. The van der Waals surface area contributed by atoms with Crippen molar-refractivity contribution in [1.29, 1.82) is 0 Å². The second-order valence-electron chi connectivity index (χ2n) is 3.35. The molecule has 0 bridgehead atoms. The van der Waals surface area contributed by atoms with E-state index >= 15 is 0 Å². The number of ether oxygens (including phenoxy) is 1. The standard InChI is InChI=1S/C9H12N2O2/c12-9-2-1-8(10-11-9)5-7-3-4-13-6-7/h1-2,7H,3-6H2,(H,11,12). The highest BCUT2D eigenvalue weighted by Crippen LogP contribution is 2.15. The van der Waals surface area contributed by atoms with Gasteiger partial charge in [0, 0.05) is 19.3 Å². The van der Waals surface area contributed by atoms with Crippen molar-refractivity contribution in [3.8, 4) is 0 Å². The van der Waals surface area contributed by atoms with Crippen molar-refractivity contribution in [2.24, 2.45) is 5.92 Å². The third kappa shape index (κ3) is 2.15. The predicted molar refractivity (Wildman–Crippen MR) is 47.5 cm³/mol. The highest BCUT2D eigenvalue weighted by Gasteiger charge is 2.16. The normalized spacial score (nSPS) is 22.0. The number of hydrogen-bond donors (Lipinski definition) is 1. The lowest BCUT2D eigenvalue weighted by Gasteiger charge is -2.04. The van der Waals surface area contributed by atoms with Gasteiger partial charge in [0.2, 0.25) is 0 Å². The van der Waals surface area contributed by atoms with Crippen molar-refractivity contribution < 1.29 is 4.74 Å². The fourth-order valence-corrected chi connectivity index (χ4v) is 1.53. The number of nitrogens with one attached hydrogen (secondary N) is 1. The first-order chi connectivity index (χ1) is 6.34. The Bertz CT molecular complexity index is 308. The maximum Gasteiger partial charge on any atom is 0.264 e. The lowest BCUT2D eigenvalue weighted by Crippen LogP contribution is -2.11. The summed E-state index contributed by atoms with van der Waals surface area (Å²) in [6.45, 7) is 1.68. The summed E-state index contributed by atoms with van der Waals surface area (Å²) >= 11 is 0. The molecule has 0 aromatic carbocycles. The van der Waals surface area contributed by atoms with Gasteiger partial charge in [-0.2, -0.15) is 5.10 Å². The zero-order valence-corrected chi connectivity index (χ0v) is 7.32. The van der Waals surface area contributed by atoms with E-state index in [2.05, 4.69) is 10.2 Å². The van der Waals surface area contributed by atoms with Crippen molar-refractivity contribution in [3.05, 3.63) is 28.2 Å². The van der Waals surface area contributed by atoms with Gasteiger partial charge >= 0.3 is 0 Å². The number of aromatic nitrogens is 2. The first-order valence-electron chi connectivity index (χ1n) is 4.47. The Kier molecular flexibility index (Phi) is 2.40. The minimum absolute atomic E-state index is 0.147. The molecule has 0 radical (unpaired) electrons. The second kappa shape index (κ2) is 3.70. The molecule has 4 heteroatoms. The second-order valence-corrected chi connectivity index (χ2v) is 3.35. The molecule has 1 atom stereocenters. The number of rotatable bonds is 2. The number of aromatic amines is 1. The summed E-state index contributed by atoms with van der Waals surface area (Å²) in [5, 5.41) is 6.38. The molecule has 13 heavy (non-hydrogen) atoms. The van der Waals surface area contributed by atoms with E-state index in [0.717, 1.165) is 31.7 Å². The van der Waals surface area contributed by atoms with Crippen molar-refractivity contribution in [2.45, 2.75) is 12.8 Å². The molecule has 0 amide bonds. The van der Waals surface area contributed by atoms with Crippen molar-refractivity contribution in [1.82, 2.24) is 10.2 Å². The van der Waals surface area contributed by atoms with Crippen LogP contribution in [0.25, 0.3) is 0 Å². The van der Waals surface area contributed by atoms with E-state index in [4.69, 9.17) is 4.74 Å². The summed E-state index contributed by atoms with van der Waals surface area (Å²) < 4.78 is 5.25. The highest BCUT2D eigenvalue weighted by atomic mass is 16.5. The SMILES string of the molecule is O=c1ccc(CC2CCOC2)n[nH]1. The van der Waals surface area contributed by atoms with Crippen LogP contribution in [0.2, 0.25) is 0 Å². The third-order valence-corrected chi connectivity index (χ3v) is 2.26. The largest absolute Gasteiger partial charge is 0.381 e. The monoisotopic (exact) mass is 180 g/mol. The Morgan fingerprint density at radius 3 is 3.15 bits per heavy atom. The fraction of sp³-hybridized carbons (Fsp3) is 0.556. The van der Waals surface area contributed by atoms with Gasteiger partial charge in [-0.15, -0.1) is 0 Å².